The molecule has 0 fully saturated rings. The summed E-state index contributed by atoms with van der Waals surface area (Å²) in [6.07, 6.45) is 1.75. The Morgan fingerprint density at radius 1 is 1.40 bits per heavy atom. The second kappa shape index (κ2) is 8.25. The molecule has 0 amide bonds. The van der Waals surface area contributed by atoms with Crippen molar-refractivity contribution in [3.63, 3.8) is 0 Å². The molecule has 1 aromatic rings. The number of unbranched alkanes of at least 4 members (excludes halogenated alkanes) is 1. The number of nitrogens with zero attached hydrogens (tertiary/aromatic N) is 1. The summed E-state index contributed by atoms with van der Waals surface area (Å²) in [5.41, 5.74) is 2.52. The van der Waals surface area contributed by atoms with Crippen molar-refractivity contribution >= 4 is 5.69 Å². The number of rotatable bonds is 7. The van der Waals surface area contributed by atoms with Gasteiger partial charge in [0.05, 0.1) is 12.7 Å². The van der Waals surface area contributed by atoms with Crippen molar-refractivity contribution in [2.24, 2.45) is 0 Å². The standard InChI is InChI=1S/C16H26N2O2/c1-2-3-10-20-13-15(19)12-18-9-8-17-11-14-6-4-5-7-16(14)18/h4-7,15,17,19H,2-3,8-13H2,1H3. The van der Waals surface area contributed by atoms with E-state index in [1.807, 2.05) is 0 Å². The van der Waals surface area contributed by atoms with Gasteiger partial charge in [-0.3, -0.25) is 0 Å². The van der Waals surface area contributed by atoms with Gasteiger partial charge < -0.3 is 20.1 Å². The van der Waals surface area contributed by atoms with Gasteiger partial charge in [-0.25, -0.2) is 0 Å². The summed E-state index contributed by atoms with van der Waals surface area (Å²) in [6.45, 7) is 6.69. The van der Waals surface area contributed by atoms with Crippen molar-refractivity contribution in [2.75, 3.05) is 37.7 Å². The molecule has 0 aromatic heterocycles. The number of aliphatic hydroxyl groups is 1. The molecule has 1 aliphatic heterocycles. The van der Waals surface area contributed by atoms with Crippen LogP contribution in [0.5, 0.6) is 0 Å². The normalized spacial score (nSPS) is 16.6. The molecule has 1 aliphatic rings. The molecule has 0 aliphatic carbocycles. The topological polar surface area (TPSA) is 44.7 Å². The summed E-state index contributed by atoms with van der Waals surface area (Å²) in [5, 5.41) is 13.5. The summed E-state index contributed by atoms with van der Waals surface area (Å²) in [4.78, 5) is 2.25. The van der Waals surface area contributed by atoms with Crippen LogP contribution in [0.2, 0.25) is 0 Å². The lowest BCUT2D eigenvalue weighted by atomic mass is 10.1. The first-order chi connectivity index (χ1) is 9.81. The van der Waals surface area contributed by atoms with Crippen molar-refractivity contribution in [3.8, 4) is 0 Å². The van der Waals surface area contributed by atoms with E-state index >= 15 is 0 Å². The quantitative estimate of drug-likeness (QED) is 0.746. The molecule has 1 unspecified atom stereocenters. The molecule has 1 heterocycles. The Labute approximate surface area is 121 Å². The predicted molar refractivity (Wildman–Crippen MR) is 82.1 cm³/mol. The third-order valence-electron chi connectivity index (χ3n) is 3.59. The minimum absolute atomic E-state index is 0.423. The maximum Gasteiger partial charge on any atom is 0.0948 e. The third-order valence-corrected chi connectivity index (χ3v) is 3.59. The molecule has 0 saturated carbocycles. The number of benzene rings is 1. The van der Waals surface area contributed by atoms with Crippen molar-refractivity contribution < 1.29 is 9.84 Å². The molecule has 4 heteroatoms. The molecule has 0 spiro atoms. The molecule has 1 aromatic carbocycles. The van der Waals surface area contributed by atoms with Crippen molar-refractivity contribution in [1.82, 2.24) is 5.32 Å². The average molecular weight is 278 g/mol. The van der Waals surface area contributed by atoms with Crippen LogP contribution in [0.3, 0.4) is 0 Å². The van der Waals surface area contributed by atoms with Gasteiger partial charge in [-0.1, -0.05) is 31.5 Å². The molecule has 2 N–H and O–H groups in total. The van der Waals surface area contributed by atoms with E-state index in [2.05, 4.69) is 41.4 Å². The average Bonchev–Trinajstić information content (AvgIpc) is 2.67. The van der Waals surface area contributed by atoms with Gasteiger partial charge in [0.2, 0.25) is 0 Å². The Kier molecular flexibility index (Phi) is 6.30. The number of para-hydroxylation sites is 1. The molecular weight excluding hydrogens is 252 g/mol. The fraction of sp³-hybridized carbons (Fsp3) is 0.625. The molecule has 0 bridgehead atoms. The molecule has 112 valence electrons. The SMILES string of the molecule is CCCCOCC(O)CN1CCNCc2ccccc21. The lowest BCUT2D eigenvalue weighted by Gasteiger charge is -2.27. The summed E-state index contributed by atoms with van der Waals surface area (Å²) >= 11 is 0. The van der Waals surface area contributed by atoms with Gasteiger partial charge in [-0.2, -0.15) is 0 Å². The van der Waals surface area contributed by atoms with Gasteiger partial charge in [-0.15, -0.1) is 0 Å². The minimum atomic E-state index is -0.432. The smallest absolute Gasteiger partial charge is 0.0948 e. The van der Waals surface area contributed by atoms with E-state index in [9.17, 15) is 5.11 Å². The Morgan fingerprint density at radius 2 is 2.25 bits per heavy atom. The second-order valence-electron chi connectivity index (χ2n) is 5.33. The van der Waals surface area contributed by atoms with Crippen LogP contribution in [0.25, 0.3) is 0 Å². The summed E-state index contributed by atoms with van der Waals surface area (Å²) < 4.78 is 5.50. The van der Waals surface area contributed by atoms with Gasteiger partial charge in [0.25, 0.3) is 0 Å². The third kappa shape index (κ3) is 4.47. The molecule has 20 heavy (non-hydrogen) atoms. The molecule has 2 rings (SSSR count). The van der Waals surface area contributed by atoms with Crippen molar-refractivity contribution in [2.45, 2.75) is 32.4 Å². The fourth-order valence-electron chi connectivity index (χ4n) is 2.49. The van der Waals surface area contributed by atoms with Crippen LogP contribution < -0.4 is 10.2 Å². The van der Waals surface area contributed by atoms with Crippen LogP contribution in [0, 0.1) is 0 Å². The number of ether oxygens (including phenoxy) is 1. The molecule has 0 radical (unpaired) electrons. The zero-order valence-electron chi connectivity index (χ0n) is 12.3. The van der Waals surface area contributed by atoms with Gasteiger partial charge in [0, 0.05) is 38.5 Å². The number of β-amino-alcohol motifs (C(OH)–C–C–N with tert-alkyl or cyclic N) is 1. The first kappa shape index (κ1) is 15.3. The van der Waals surface area contributed by atoms with E-state index in [1.54, 1.807) is 0 Å². The number of hydrogen-bond donors (Lipinski definition) is 2. The second-order valence-corrected chi connectivity index (χ2v) is 5.33. The maximum absolute atomic E-state index is 10.1. The Morgan fingerprint density at radius 3 is 3.10 bits per heavy atom. The number of anilines is 1. The summed E-state index contributed by atoms with van der Waals surface area (Å²) in [6, 6.07) is 8.40. The highest BCUT2D eigenvalue weighted by atomic mass is 16.5. The lowest BCUT2D eigenvalue weighted by molar-refractivity contribution is 0.0392. The lowest BCUT2D eigenvalue weighted by Crippen LogP contribution is -2.37. The number of fused-ring (bicyclic) bond motifs is 1. The number of aliphatic hydroxyl groups excluding tert-OH is 1. The van der Waals surface area contributed by atoms with Gasteiger partial charge >= 0.3 is 0 Å². The van der Waals surface area contributed by atoms with Gasteiger partial charge in [0.1, 0.15) is 0 Å². The van der Waals surface area contributed by atoms with Crippen LogP contribution >= 0.6 is 0 Å². The Bertz CT molecular complexity index is 398. The Balaban J connectivity index is 1.88. The molecule has 4 nitrogen and oxygen atoms in total. The largest absolute Gasteiger partial charge is 0.389 e. The Hall–Kier alpha value is -1.10. The minimum Gasteiger partial charge on any atom is -0.389 e. The van der Waals surface area contributed by atoms with Crippen LogP contribution in [-0.2, 0) is 11.3 Å². The van der Waals surface area contributed by atoms with Crippen LogP contribution in [0.4, 0.5) is 5.69 Å². The van der Waals surface area contributed by atoms with Crippen LogP contribution in [-0.4, -0.2) is 44.1 Å². The van der Waals surface area contributed by atoms with E-state index in [4.69, 9.17) is 4.74 Å². The molecule has 0 saturated heterocycles. The molecule has 1 atom stereocenters. The van der Waals surface area contributed by atoms with Gasteiger partial charge in [0.15, 0.2) is 0 Å². The van der Waals surface area contributed by atoms with E-state index in [0.717, 1.165) is 39.1 Å². The zero-order chi connectivity index (χ0) is 14.2. The molecular formula is C16H26N2O2. The monoisotopic (exact) mass is 278 g/mol. The number of hydrogen-bond acceptors (Lipinski definition) is 4. The highest BCUT2D eigenvalue weighted by molar-refractivity contribution is 5.54. The fourth-order valence-corrected chi connectivity index (χ4v) is 2.49. The van der Waals surface area contributed by atoms with E-state index in [0.29, 0.717) is 13.2 Å². The van der Waals surface area contributed by atoms with Crippen LogP contribution in [0.15, 0.2) is 24.3 Å². The van der Waals surface area contributed by atoms with E-state index in [1.165, 1.54) is 11.3 Å². The highest BCUT2D eigenvalue weighted by Gasteiger charge is 2.17. The maximum atomic E-state index is 10.1. The van der Waals surface area contributed by atoms with Crippen molar-refractivity contribution in [3.05, 3.63) is 29.8 Å². The van der Waals surface area contributed by atoms with Gasteiger partial charge in [-0.05, 0) is 18.1 Å². The van der Waals surface area contributed by atoms with Crippen LogP contribution in [0.1, 0.15) is 25.3 Å². The van der Waals surface area contributed by atoms with E-state index < -0.39 is 6.10 Å². The first-order valence-corrected chi connectivity index (χ1v) is 7.60. The summed E-state index contributed by atoms with van der Waals surface area (Å²) in [7, 11) is 0. The highest BCUT2D eigenvalue weighted by Crippen LogP contribution is 2.22. The summed E-state index contributed by atoms with van der Waals surface area (Å²) in [5.74, 6) is 0. The zero-order valence-corrected chi connectivity index (χ0v) is 12.3. The van der Waals surface area contributed by atoms with E-state index in [-0.39, 0.29) is 0 Å². The number of nitrogens with one attached hydrogen (secondary N) is 1. The predicted octanol–water partition coefficient (Wildman–Crippen LogP) is 1.77. The first-order valence-electron chi connectivity index (χ1n) is 7.60. The van der Waals surface area contributed by atoms with Crippen molar-refractivity contribution in [1.29, 1.82) is 0 Å².